The van der Waals surface area contributed by atoms with Crippen LogP contribution < -0.4 is 16.0 Å². The first-order chi connectivity index (χ1) is 8.08. The van der Waals surface area contributed by atoms with Crippen molar-refractivity contribution in [3.05, 3.63) is 11.4 Å². The van der Waals surface area contributed by atoms with Crippen LogP contribution in [0.3, 0.4) is 0 Å². The summed E-state index contributed by atoms with van der Waals surface area (Å²) < 4.78 is 0. The van der Waals surface area contributed by atoms with E-state index in [9.17, 15) is 9.59 Å². The van der Waals surface area contributed by atoms with Crippen molar-refractivity contribution in [1.82, 2.24) is 20.8 Å². The Kier molecular flexibility index (Phi) is 3.10. The third-order valence-electron chi connectivity index (χ3n) is 2.71. The van der Waals surface area contributed by atoms with E-state index in [0.717, 1.165) is 11.4 Å². The molecule has 2 heterocycles. The van der Waals surface area contributed by atoms with Crippen LogP contribution in [0.5, 0.6) is 0 Å². The summed E-state index contributed by atoms with van der Waals surface area (Å²) in [7, 11) is 0. The van der Waals surface area contributed by atoms with Gasteiger partial charge in [-0.25, -0.2) is 0 Å². The molecule has 1 saturated heterocycles. The zero-order valence-corrected chi connectivity index (χ0v) is 9.76. The molecule has 1 aliphatic heterocycles. The second-order valence-electron chi connectivity index (χ2n) is 4.04. The number of aromatic amines is 1. The van der Waals surface area contributed by atoms with Gasteiger partial charge in [0, 0.05) is 6.54 Å². The molecule has 0 aliphatic carbocycles. The van der Waals surface area contributed by atoms with Crippen LogP contribution in [0.4, 0.5) is 5.69 Å². The second kappa shape index (κ2) is 4.54. The van der Waals surface area contributed by atoms with Crippen LogP contribution in [0, 0.1) is 13.8 Å². The van der Waals surface area contributed by atoms with Crippen LogP contribution >= 0.6 is 0 Å². The van der Waals surface area contributed by atoms with E-state index in [1.54, 1.807) is 0 Å². The minimum Gasteiger partial charge on any atom is -0.353 e. The normalized spacial score (nSPS) is 19.9. The molecule has 0 saturated carbocycles. The maximum atomic E-state index is 11.9. The Bertz CT molecular complexity index is 424. The Morgan fingerprint density at radius 3 is 2.76 bits per heavy atom. The first-order valence-electron chi connectivity index (χ1n) is 5.40. The number of carbonyl (C=O) groups excluding carboxylic acids is 2. The Hall–Kier alpha value is -1.89. The van der Waals surface area contributed by atoms with Gasteiger partial charge in [-0.2, -0.15) is 5.10 Å². The molecule has 0 spiro atoms. The summed E-state index contributed by atoms with van der Waals surface area (Å²) in [4.78, 5) is 22.8. The standard InChI is InChI=1S/C10H15N5O2/c1-5-9(6(2)15-14-5)13-10(17)7-3-12-8(16)4-11-7/h7,11H,3-4H2,1-2H3,(H,12,16)(H,13,17)(H,14,15). The molecule has 1 fully saturated rings. The highest BCUT2D eigenvalue weighted by Crippen LogP contribution is 2.16. The van der Waals surface area contributed by atoms with Gasteiger partial charge in [-0.05, 0) is 13.8 Å². The molecule has 1 atom stereocenters. The number of carbonyl (C=O) groups is 2. The molecule has 1 unspecified atom stereocenters. The van der Waals surface area contributed by atoms with Crippen LogP contribution in [0.15, 0.2) is 0 Å². The molecule has 92 valence electrons. The Morgan fingerprint density at radius 1 is 1.47 bits per heavy atom. The summed E-state index contributed by atoms with van der Waals surface area (Å²) in [6, 6.07) is -0.401. The van der Waals surface area contributed by atoms with Crippen molar-refractivity contribution < 1.29 is 9.59 Å². The van der Waals surface area contributed by atoms with Crippen molar-refractivity contribution in [3.8, 4) is 0 Å². The zero-order valence-electron chi connectivity index (χ0n) is 9.76. The molecular weight excluding hydrogens is 222 g/mol. The fourth-order valence-corrected chi connectivity index (χ4v) is 1.70. The van der Waals surface area contributed by atoms with Gasteiger partial charge < -0.3 is 10.6 Å². The van der Waals surface area contributed by atoms with Gasteiger partial charge >= 0.3 is 0 Å². The predicted octanol–water partition coefficient (Wildman–Crippen LogP) is -0.947. The molecule has 4 N–H and O–H groups in total. The van der Waals surface area contributed by atoms with Crippen LogP contribution in [-0.4, -0.2) is 41.1 Å². The SMILES string of the molecule is Cc1n[nH]c(C)c1NC(=O)C1CNC(=O)CN1. The Balaban J connectivity index is 2.00. The highest BCUT2D eigenvalue weighted by molar-refractivity contribution is 5.97. The third-order valence-corrected chi connectivity index (χ3v) is 2.71. The lowest BCUT2D eigenvalue weighted by Gasteiger charge is -2.23. The summed E-state index contributed by atoms with van der Waals surface area (Å²) >= 11 is 0. The van der Waals surface area contributed by atoms with Crippen molar-refractivity contribution in [1.29, 1.82) is 0 Å². The highest BCUT2D eigenvalue weighted by atomic mass is 16.2. The van der Waals surface area contributed by atoms with E-state index in [4.69, 9.17) is 0 Å². The summed E-state index contributed by atoms with van der Waals surface area (Å²) in [6.45, 7) is 4.13. The van der Waals surface area contributed by atoms with Gasteiger partial charge in [0.05, 0.1) is 23.6 Å². The average molecular weight is 237 g/mol. The van der Waals surface area contributed by atoms with E-state index >= 15 is 0 Å². The fraction of sp³-hybridized carbons (Fsp3) is 0.500. The summed E-state index contributed by atoms with van der Waals surface area (Å²) in [6.07, 6.45) is 0. The summed E-state index contributed by atoms with van der Waals surface area (Å²) in [5.41, 5.74) is 2.26. The number of piperazine rings is 1. The van der Waals surface area contributed by atoms with Gasteiger partial charge in [0.25, 0.3) is 0 Å². The number of hydrogen-bond acceptors (Lipinski definition) is 4. The molecule has 0 bridgehead atoms. The zero-order chi connectivity index (χ0) is 12.4. The largest absolute Gasteiger partial charge is 0.353 e. The summed E-state index contributed by atoms with van der Waals surface area (Å²) in [5, 5.41) is 15.1. The van der Waals surface area contributed by atoms with Gasteiger partial charge in [-0.3, -0.25) is 20.0 Å². The number of hydrogen-bond donors (Lipinski definition) is 4. The predicted molar refractivity (Wildman–Crippen MR) is 61.5 cm³/mol. The molecule has 2 amide bonds. The molecule has 7 heteroatoms. The van der Waals surface area contributed by atoms with Crippen LogP contribution in [0.1, 0.15) is 11.4 Å². The van der Waals surface area contributed by atoms with Crippen molar-refractivity contribution in [3.63, 3.8) is 0 Å². The lowest BCUT2D eigenvalue weighted by Crippen LogP contribution is -2.56. The van der Waals surface area contributed by atoms with Crippen molar-refractivity contribution >= 4 is 17.5 Å². The van der Waals surface area contributed by atoms with E-state index < -0.39 is 6.04 Å². The maximum absolute atomic E-state index is 11.9. The molecule has 1 aromatic rings. The number of H-pyrrole nitrogens is 1. The lowest BCUT2D eigenvalue weighted by molar-refractivity contribution is -0.124. The second-order valence-corrected chi connectivity index (χ2v) is 4.04. The number of nitrogens with zero attached hydrogens (tertiary/aromatic N) is 1. The Morgan fingerprint density at radius 2 is 2.24 bits per heavy atom. The van der Waals surface area contributed by atoms with Gasteiger partial charge in [0.15, 0.2) is 0 Å². The fourth-order valence-electron chi connectivity index (χ4n) is 1.70. The molecule has 7 nitrogen and oxygen atoms in total. The van der Waals surface area contributed by atoms with Crippen molar-refractivity contribution in [2.45, 2.75) is 19.9 Å². The maximum Gasteiger partial charge on any atom is 0.243 e. The molecule has 17 heavy (non-hydrogen) atoms. The van der Waals surface area contributed by atoms with Crippen molar-refractivity contribution in [2.24, 2.45) is 0 Å². The number of nitrogens with one attached hydrogen (secondary N) is 4. The van der Waals surface area contributed by atoms with E-state index in [1.807, 2.05) is 13.8 Å². The average Bonchev–Trinajstić information content (AvgIpc) is 2.61. The third kappa shape index (κ3) is 2.44. The van der Waals surface area contributed by atoms with E-state index in [2.05, 4.69) is 26.1 Å². The first-order valence-corrected chi connectivity index (χ1v) is 5.40. The van der Waals surface area contributed by atoms with Crippen molar-refractivity contribution in [2.75, 3.05) is 18.4 Å². The number of amides is 2. The van der Waals surface area contributed by atoms with Gasteiger partial charge in [-0.1, -0.05) is 0 Å². The number of anilines is 1. The van der Waals surface area contributed by atoms with E-state index in [0.29, 0.717) is 12.2 Å². The van der Waals surface area contributed by atoms with Gasteiger partial charge in [0.1, 0.15) is 6.04 Å². The first kappa shape index (κ1) is 11.6. The van der Waals surface area contributed by atoms with Gasteiger partial charge in [-0.15, -0.1) is 0 Å². The number of aromatic nitrogens is 2. The summed E-state index contributed by atoms with van der Waals surface area (Å²) in [5.74, 6) is -0.262. The minimum atomic E-state index is -0.401. The highest BCUT2D eigenvalue weighted by Gasteiger charge is 2.24. The molecule has 2 rings (SSSR count). The monoisotopic (exact) mass is 237 g/mol. The lowest BCUT2D eigenvalue weighted by atomic mass is 10.2. The quantitative estimate of drug-likeness (QED) is 0.533. The molecule has 1 aliphatic rings. The molecule has 0 radical (unpaired) electrons. The minimum absolute atomic E-state index is 0.0928. The number of rotatable bonds is 2. The topological polar surface area (TPSA) is 98.9 Å². The molecular formula is C10H15N5O2. The van der Waals surface area contributed by atoms with Crippen LogP contribution in [0.2, 0.25) is 0 Å². The number of aryl methyl sites for hydroxylation is 2. The van der Waals surface area contributed by atoms with Crippen LogP contribution in [0.25, 0.3) is 0 Å². The van der Waals surface area contributed by atoms with E-state index in [-0.39, 0.29) is 18.4 Å². The molecule has 0 aromatic carbocycles. The smallest absolute Gasteiger partial charge is 0.243 e. The van der Waals surface area contributed by atoms with Crippen LogP contribution in [-0.2, 0) is 9.59 Å². The Labute approximate surface area is 98.4 Å². The van der Waals surface area contributed by atoms with Gasteiger partial charge in [0.2, 0.25) is 11.8 Å². The van der Waals surface area contributed by atoms with E-state index in [1.165, 1.54) is 0 Å². The molecule has 1 aromatic heterocycles.